The number of nitrogens with one attached hydrogen (secondary N) is 2. The summed E-state index contributed by atoms with van der Waals surface area (Å²) >= 11 is 0. The van der Waals surface area contributed by atoms with Crippen molar-refractivity contribution >= 4 is 22.9 Å². The second-order valence-corrected chi connectivity index (χ2v) is 11.6. The summed E-state index contributed by atoms with van der Waals surface area (Å²) in [6, 6.07) is 42.2. The molecule has 2 N–H and O–H groups in total. The number of hydrogen-bond acceptors (Lipinski definition) is 6. The predicted molar refractivity (Wildman–Crippen MR) is 186 cm³/mol. The molecule has 1 heterocycles. The highest BCUT2D eigenvalue weighted by atomic mass is 16.5. The zero-order valence-corrected chi connectivity index (χ0v) is 26.6. The topological polar surface area (TPSA) is 96.6 Å². The summed E-state index contributed by atoms with van der Waals surface area (Å²) in [4.78, 5) is 36.9. The van der Waals surface area contributed by atoms with Gasteiger partial charge in [-0.2, -0.15) is 0 Å². The van der Waals surface area contributed by atoms with Crippen molar-refractivity contribution in [3.05, 3.63) is 168 Å². The Bertz CT molecular complexity index is 1860. The smallest absolute Gasteiger partial charge is 0.329 e. The summed E-state index contributed by atoms with van der Waals surface area (Å²) in [5.41, 5.74) is 5.85. The predicted octanol–water partition coefficient (Wildman–Crippen LogP) is 6.73. The van der Waals surface area contributed by atoms with Crippen LogP contribution in [-0.4, -0.2) is 45.9 Å². The Kier molecular flexibility index (Phi) is 10.9. The van der Waals surface area contributed by atoms with E-state index in [2.05, 4.69) is 44.5 Å². The Balaban J connectivity index is 1.16. The molecule has 1 amide bonds. The first-order valence-corrected chi connectivity index (χ1v) is 16.1. The van der Waals surface area contributed by atoms with E-state index < -0.39 is 17.9 Å². The standard InChI is InChI=1S/C40H38N4O4/c45-39(43-36(23-30-13-5-1-6-14-30)40(46)48-28-33-19-11-4-12-20-33)34-24-35-38(42-29-41-35)37(25-34)47-22-21-44(26-31-15-7-2-8-16-31)27-32-17-9-3-10-18-32/h1-20,24-25,29,36H,21-23,26-28H2,(H,41,42)(H,43,45). The molecule has 0 radical (unpaired) electrons. The number of rotatable bonds is 15. The van der Waals surface area contributed by atoms with Gasteiger partial charge in [-0.25, -0.2) is 9.78 Å². The molecule has 1 unspecified atom stereocenters. The first-order valence-electron chi connectivity index (χ1n) is 16.1. The van der Waals surface area contributed by atoms with Crippen LogP contribution >= 0.6 is 0 Å². The molecule has 6 rings (SSSR count). The summed E-state index contributed by atoms with van der Waals surface area (Å²) in [6.07, 6.45) is 1.87. The molecule has 0 fully saturated rings. The van der Waals surface area contributed by atoms with Gasteiger partial charge in [0.05, 0.1) is 11.8 Å². The number of H-pyrrole nitrogens is 1. The molecule has 0 aliphatic heterocycles. The fraction of sp³-hybridized carbons (Fsp3) is 0.175. The van der Waals surface area contributed by atoms with Gasteiger partial charge in [0.25, 0.3) is 5.91 Å². The number of carbonyl (C=O) groups is 2. The van der Waals surface area contributed by atoms with Gasteiger partial charge in [-0.05, 0) is 34.4 Å². The lowest BCUT2D eigenvalue weighted by atomic mass is 10.1. The first-order chi connectivity index (χ1) is 23.6. The Morgan fingerprint density at radius 3 is 1.90 bits per heavy atom. The molecule has 8 nitrogen and oxygen atoms in total. The quantitative estimate of drug-likeness (QED) is 0.121. The number of imidazole rings is 1. The van der Waals surface area contributed by atoms with Crippen molar-refractivity contribution in [2.45, 2.75) is 32.2 Å². The van der Waals surface area contributed by atoms with E-state index in [0.29, 0.717) is 35.5 Å². The van der Waals surface area contributed by atoms with Crippen LogP contribution in [0.4, 0.5) is 0 Å². The van der Waals surface area contributed by atoms with E-state index in [1.54, 1.807) is 18.5 Å². The molecule has 48 heavy (non-hydrogen) atoms. The van der Waals surface area contributed by atoms with Gasteiger partial charge in [-0.3, -0.25) is 9.69 Å². The number of amides is 1. The minimum Gasteiger partial charge on any atom is -0.490 e. The van der Waals surface area contributed by atoms with Gasteiger partial charge in [-0.1, -0.05) is 121 Å². The number of hydrogen-bond donors (Lipinski definition) is 2. The maximum Gasteiger partial charge on any atom is 0.329 e. The zero-order valence-electron chi connectivity index (χ0n) is 26.6. The summed E-state index contributed by atoms with van der Waals surface area (Å²) in [5, 5.41) is 2.92. The van der Waals surface area contributed by atoms with Crippen molar-refractivity contribution < 1.29 is 19.1 Å². The molecule has 5 aromatic carbocycles. The third-order valence-electron chi connectivity index (χ3n) is 8.01. The first kappa shape index (κ1) is 32.2. The SMILES string of the molecule is O=C(NC(Cc1ccccc1)C(=O)OCc1ccccc1)c1cc(OCCN(Cc2ccccc2)Cc2ccccc2)c2nc[nH]c2c1. The van der Waals surface area contributed by atoms with Crippen LogP contribution in [0.25, 0.3) is 11.0 Å². The minimum absolute atomic E-state index is 0.116. The van der Waals surface area contributed by atoms with Crippen LogP contribution < -0.4 is 10.1 Å². The molecule has 0 spiro atoms. The van der Waals surface area contributed by atoms with Crippen LogP contribution in [0.1, 0.15) is 32.6 Å². The van der Waals surface area contributed by atoms with E-state index in [9.17, 15) is 9.59 Å². The molecule has 0 saturated carbocycles. The van der Waals surface area contributed by atoms with Crippen LogP contribution in [-0.2, 0) is 35.6 Å². The molecule has 8 heteroatoms. The van der Waals surface area contributed by atoms with Crippen molar-refractivity contribution in [2.75, 3.05) is 13.2 Å². The number of aromatic nitrogens is 2. The molecular weight excluding hydrogens is 600 g/mol. The van der Waals surface area contributed by atoms with Gasteiger partial charge >= 0.3 is 5.97 Å². The normalized spacial score (nSPS) is 11.7. The van der Waals surface area contributed by atoms with E-state index in [1.807, 2.05) is 97.1 Å². The summed E-state index contributed by atoms with van der Waals surface area (Å²) in [7, 11) is 0. The lowest BCUT2D eigenvalue weighted by Crippen LogP contribution is -2.43. The second-order valence-electron chi connectivity index (χ2n) is 11.6. The molecule has 1 atom stereocenters. The average molecular weight is 639 g/mol. The average Bonchev–Trinajstić information content (AvgIpc) is 3.61. The van der Waals surface area contributed by atoms with E-state index in [1.165, 1.54) is 11.1 Å². The third-order valence-corrected chi connectivity index (χ3v) is 8.01. The minimum atomic E-state index is -0.894. The Morgan fingerprint density at radius 2 is 1.29 bits per heavy atom. The molecule has 1 aromatic heterocycles. The Morgan fingerprint density at radius 1 is 0.729 bits per heavy atom. The van der Waals surface area contributed by atoms with Crippen LogP contribution in [0.5, 0.6) is 5.75 Å². The van der Waals surface area contributed by atoms with Gasteiger partial charge < -0.3 is 19.8 Å². The summed E-state index contributed by atoms with van der Waals surface area (Å²) < 4.78 is 12.0. The maximum absolute atomic E-state index is 13.7. The number of carbonyl (C=O) groups excluding carboxylic acids is 2. The highest BCUT2D eigenvalue weighted by Gasteiger charge is 2.25. The fourth-order valence-corrected chi connectivity index (χ4v) is 5.55. The second kappa shape index (κ2) is 16.2. The van der Waals surface area contributed by atoms with Gasteiger partial charge in [-0.15, -0.1) is 0 Å². The fourth-order valence-electron chi connectivity index (χ4n) is 5.55. The molecule has 242 valence electrons. The number of nitrogens with zero attached hydrogens (tertiary/aromatic N) is 2. The molecular formula is C40H38N4O4. The number of fused-ring (bicyclic) bond motifs is 1. The van der Waals surface area contributed by atoms with Crippen molar-refractivity contribution in [3.63, 3.8) is 0 Å². The molecule has 6 aromatic rings. The van der Waals surface area contributed by atoms with E-state index in [0.717, 1.165) is 24.2 Å². The molecule has 0 bridgehead atoms. The number of aromatic amines is 1. The van der Waals surface area contributed by atoms with Crippen molar-refractivity contribution in [1.29, 1.82) is 0 Å². The number of esters is 1. The maximum atomic E-state index is 13.7. The molecule has 0 saturated heterocycles. The lowest BCUT2D eigenvalue weighted by molar-refractivity contribution is -0.147. The monoisotopic (exact) mass is 638 g/mol. The highest BCUT2D eigenvalue weighted by molar-refractivity contribution is 6.00. The van der Waals surface area contributed by atoms with Gasteiger partial charge in [0.15, 0.2) is 0 Å². The zero-order chi connectivity index (χ0) is 33.0. The largest absolute Gasteiger partial charge is 0.490 e. The van der Waals surface area contributed by atoms with Crippen molar-refractivity contribution in [3.8, 4) is 5.75 Å². The highest BCUT2D eigenvalue weighted by Crippen LogP contribution is 2.26. The summed E-state index contributed by atoms with van der Waals surface area (Å²) in [5.74, 6) is -0.430. The van der Waals surface area contributed by atoms with Crippen LogP contribution in [0.3, 0.4) is 0 Å². The van der Waals surface area contributed by atoms with Gasteiger partial charge in [0.2, 0.25) is 0 Å². The van der Waals surface area contributed by atoms with E-state index in [-0.39, 0.29) is 13.0 Å². The number of benzene rings is 5. The Hall–Kier alpha value is -5.73. The van der Waals surface area contributed by atoms with Crippen molar-refractivity contribution in [1.82, 2.24) is 20.2 Å². The van der Waals surface area contributed by atoms with Crippen LogP contribution in [0.15, 0.2) is 140 Å². The van der Waals surface area contributed by atoms with Crippen LogP contribution in [0.2, 0.25) is 0 Å². The molecule has 0 aliphatic rings. The van der Waals surface area contributed by atoms with Gasteiger partial charge in [0.1, 0.15) is 30.5 Å². The van der Waals surface area contributed by atoms with Crippen molar-refractivity contribution in [2.24, 2.45) is 0 Å². The van der Waals surface area contributed by atoms with Crippen LogP contribution in [0, 0.1) is 0 Å². The summed E-state index contributed by atoms with van der Waals surface area (Å²) in [6.45, 7) is 2.68. The van der Waals surface area contributed by atoms with Gasteiger partial charge in [0, 0.05) is 31.6 Å². The molecule has 0 aliphatic carbocycles. The lowest BCUT2D eigenvalue weighted by Gasteiger charge is -2.23. The third kappa shape index (κ3) is 8.96. The Labute approximate surface area is 280 Å². The van der Waals surface area contributed by atoms with E-state index in [4.69, 9.17) is 9.47 Å². The number of ether oxygens (including phenoxy) is 2. The van der Waals surface area contributed by atoms with E-state index >= 15 is 0 Å².